The van der Waals surface area contributed by atoms with Crippen LogP contribution in [0.15, 0.2) is 71.7 Å². The summed E-state index contributed by atoms with van der Waals surface area (Å²) < 4.78 is 1.11. The lowest BCUT2D eigenvalue weighted by molar-refractivity contribution is 0.313. The van der Waals surface area contributed by atoms with Crippen LogP contribution < -0.4 is 15.8 Å². The molecule has 4 heterocycles. The van der Waals surface area contributed by atoms with Gasteiger partial charge in [-0.2, -0.15) is 9.78 Å². The van der Waals surface area contributed by atoms with Gasteiger partial charge in [0.15, 0.2) is 0 Å². The first-order valence-electron chi connectivity index (χ1n) is 12.6. The molecule has 0 radical (unpaired) electrons. The van der Waals surface area contributed by atoms with E-state index in [0.29, 0.717) is 5.69 Å². The molecule has 0 bridgehead atoms. The summed E-state index contributed by atoms with van der Waals surface area (Å²) in [4.78, 5) is 31.5. The summed E-state index contributed by atoms with van der Waals surface area (Å²) in [7, 11) is 2.13. The molecule has 0 saturated carbocycles. The van der Waals surface area contributed by atoms with E-state index in [2.05, 4.69) is 54.3 Å². The Labute approximate surface area is 239 Å². The van der Waals surface area contributed by atoms with Gasteiger partial charge in [-0.05, 0) is 49.5 Å². The predicted molar refractivity (Wildman–Crippen MR) is 157 cm³/mol. The van der Waals surface area contributed by atoms with Gasteiger partial charge in [0, 0.05) is 49.8 Å². The highest BCUT2D eigenvalue weighted by atomic mass is 35.5. The van der Waals surface area contributed by atoms with E-state index in [0.717, 1.165) is 42.2 Å². The van der Waals surface area contributed by atoms with Gasteiger partial charge in [0.05, 0.1) is 21.1 Å². The number of halogens is 2. The van der Waals surface area contributed by atoms with Crippen molar-refractivity contribution in [2.75, 3.05) is 43.4 Å². The Hall–Kier alpha value is -4.25. The first kappa shape index (κ1) is 26.0. The van der Waals surface area contributed by atoms with Gasteiger partial charge in [0.1, 0.15) is 16.9 Å². The Morgan fingerprint density at radius 1 is 0.900 bits per heavy atom. The molecule has 1 aliphatic rings. The molecular weight excluding hydrogens is 551 g/mol. The monoisotopic (exact) mass is 574 g/mol. The van der Waals surface area contributed by atoms with E-state index in [4.69, 9.17) is 23.2 Å². The van der Waals surface area contributed by atoms with Gasteiger partial charge < -0.3 is 20.2 Å². The molecule has 12 heteroatoms. The molecule has 40 heavy (non-hydrogen) atoms. The number of aromatic hydroxyl groups is 1. The van der Waals surface area contributed by atoms with Gasteiger partial charge in [0.2, 0.25) is 11.8 Å². The third kappa shape index (κ3) is 5.04. The molecule has 0 amide bonds. The lowest BCUT2D eigenvalue weighted by Gasteiger charge is -2.34. The second-order valence-corrected chi connectivity index (χ2v) is 10.2. The van der Waals surface area contributed by atoms with Gasteiger partial charge in [0.25, 0.3) is 5.56 Å². The van der Waals surface area contributed by atoms with E-state index < -0.39 is 5.56 Å². The van der Waals surface area contributed by atoms with E-state index in [1.54, 1.807) is 30.3 Å². The van der Waals surface area contributed by atoms with Crippen molar-refractivity contribution in [1.82, 2.24) is 29.6 Å². The van der Waals surface area contributed by atoms with Gasteiger partial charge in [-0.1, -0.05) is 35.3 Å². The number of fused-ring (bicyclic) bond motifs is 1. The maximum absolute atomic E-state index is 13.6. The maximum Gasteiger partial charge on any atom is 0.282 e. The highest BCUT2D eigenvalue weighted by Crippen LogP contribution is 2.30. The zero-order valence-electron chi connectivity index (χ0n) is 21.4. The highest BCUT2D eigenvalue weighted by Gasteiger charge is 2.20. The number of hydrogen-bond acceptors (Lipinski definition) is 9. The number of benzene rings is 2. The summed E-state index contributed by atoms with van der Waals surface area (Å²) in [6, 6.07) is 17.7. The van der Waals surface area contributed by atoms with Gasteiger partial charge in [-0.3, -0.25) is 4.79 Å². The van der Waals surface area contributed by atoms with Gasteiger partial charge in [-0.15, -0.1) is 0 Å². The Balaban J connectivity index is 1.41. The smallest absolute Gasteiger partial charge is 0.282 e. The minimum Gasteiger partial charge on any atom is -0.493 e. The van der Waals surface area contributed by atoms with Gasteiger partial charge >= 0.3 is 0 Å². The fourth-order valence-electron chi connectivity index (χ4n) is 4.61. The average Bonchev–Trinajstić information content (AvgIpc) is 2.95. The molecule has 1 aliphatic heterocycles. The Bertz CT molecular complexity index is 1750. The first-order chi connectivity index (χ1) is 19.4. The topological polar surface area (TPSA) is 112 Å². The lowest BCUT2D eigenvalue weighted by Crippen LogP contribution is -2.44. The molecule has 2 aromatic carbocycles. The molecule has 2 N–H and O–H groups in total. The summed E-state index contributed by atoms with van der Waals surface area (Å²) in [6.45, 7) is 4.01. The number of para-hydroxylation sites is 1. The molecule has 1 saturated heterocycles. The van der Waals surface area contributed by atoms with Crippen molar-refractivity contribution in [2.45, 2.75) is 0 Å². The van der Waals surface area contributed by atoms with E-state index in [1.807, 2.05) is 12.1 Å². The number of nitrogens with zero attached hydrogens (tertiary/aromatic N) is 7. The van der Waals surface area contributed by atoms with Crippen LogP contribution in [0.2, 0.25) is 10.0 Å². The summed E-state index contributed by atoms with van der Waals surface area (Å²) in [6.07, 6.45) is 1.43. The third-order valence-electron chi connectivity index (χ3n) is 6.75. The first-order valence-corrected chi connectivity index (χ1v) is 13.3. The fourth-order valence-corrected chi connectivity index (χ4v) is 5.16. The van der Waals surface area contributed by atoms with Crippen molar-refractivity contribution in [3.8, 4) is 23.0 Å². The number of anilines is 3. The van der Waals surface area contributed by atoms with E-state index in [1.165, 1.54) is 12.3 Å². The number of likely N-dealkylation sites (N-methyl/N-ethyl adjacent to an activating group) is 1. The summed E-state index contributed by atoms with van der Waals surface area (Å²) in [5, 5.41) is 18.5. The number of nitrogens with one attached hydrogen (secondary N) is 1. The molecule has 0 aliphatic carbocycles. The Morgan fingerprint density at radius 2 is 1.60 bits per heavy atom. The molecule has 10 nitrogen and oxygen atoms in total. The molecule has 3 aromatic heterocycles. The number of aromatic nitrogens is 5. The van der Waals surface area contributed by atoms with Crippen LogP contribution in [0.1, 0.15) is 0 Å². The molecule has 202 valence electrons. The van der Waals surface area contributed by atoms with Crippen LogP contribution >= 0.6 is 23.2 Å². The molecule has 1 fully saturated rings. The van der Waals surface area contributed by atoms with Crippen molar-refractivity contribution < 1.29 is 5.11 Å². The minimum atomic E-state index is -0.503. The van der Waals surface area contributed by atoms with Crippen LogP contribution in [0.3, 0.4) is 0 Å². The quantitative estimate of drug-likeness (QED) is 0.307. The Morgan fingerprint density at radius 3 is 2.30 bits per heavy atom. The number of piperazine rings is 1. The van der Waals surface area contributed by atoms with Crippen molar-refractivity contribution in [3.05, 3.63) is 87.3 Å². The lowest BCUT2D eigenvalue weighted by atomic mass is 10.2. The van der Waals surface area contributed by atoms with Gasteiger partial charge in [-0.25, -0.2) is 15.0 Å². The summed E-state index contributed by atoms with van der Waals surface area (Å²) in [5.41, 5.74) is 2.48. The van der Waals surface area contributed by atoms with Crippen LogP contribution in [-0.2, 0) is 0 Å². The average molecular weight is 575 g/mol. The molecule has 0 unspecified atom stereocenters. The van der Waals surface area contributed by atoms with Crippen LogP contribution in [0.25, 0.3) is 28.0 Å². The van der Waals surface area contributed by atoms with Crippen molar-refractivity contribution in [2.24, 2.45) is 0 Å². The van der Waals surface area contributed by atoms with E-state index in [-0.39, 0.29) is 44.2 Å². The van der Waals surface area contributed by atoms with Crippen LogP contribution in [0.5, 0.6) is 5.88 Å². The zero-order valence-corrected chi connectivity index (χ0v) is 22.9. The fraction of sp³-hybridized carbons (Fsp3) is 0.179. The second kappa shape index (κ2) is 10.7. The van der Waals surface area contributed by atoms with Crippen LogP contribution in [0, 0.1) is 0 Å². The largest absolute Gasteiger partial charge is 0.493 e. The maximum atomic E-state index is 13.6. The van der Waals surface area contributed by atoms with E-state index >= 15 is 0 Å². The standard InChI is InChI=1S/C28H24Cl2N8O2/c1-36-12-14-37(15-13-36)18-10-8-17(9-11-18)32-28-31-16-19-24(34-28)25(22-6-3-7-23(39)33-22)35-38(27(19)40)26-20(29)4-2-5-21(26)30/h2-11,16H,12-15H2,1H3,(H,33,39)(H,31,32,34). The number of pyridine rings is 1. The van der Waals surface area contributed by atoms with Crippen molar-refractivity contribution >= 4 is 51.4 Å². The predicted octanol–water partition coefficient (Wildman–Crippen LogP) is 4.75. The molecule has 5 aromatic rings. The SMILES string of the molecule is CN1CCN(c2ccc(Nc3ncc4c(=O)n(-c5c(Cl)cccc5Cl)nc(-c5cccc(O)n5)c4n3)cc2)CC1. The zero-order chi connectivity index (χ0) is 27.8. The molecule has 6 rings (SSSR count). The van der Waals surface area contributed by atoms with Crippen LogP contribution in [0.4, 0.5) is 17.3 Å². The number of hydrogen-bond donors (Lipinski definition) is 2. The highest BCUT2D eigenvalue weighted by molar-refractivity contribution is 6.37. The minimum absolute atomic E-state index is 0.182. The van der Waals surface area contributed by atoms with Crippen LogP contribution in [-0.4, -0.2) is 68.0 Å². The van der Waals surface area contributed by atoms with E-state index in [9.17, 15) is 9.90 Å². The van der Waals surface area contributed by atoms with Crippen molar-refractivity contribution in [1.29, 1.82) is 0 Å². The molecular formula is C28H24Cl2N8O2. The number of rotatable bonds is 5. The summed E-state index contributed by atoms with van der Waals surface area (Å²) >= 11 is 12.8. The third-order valence-corrected chi connectivity index (χ3v) is 7.36. The van der Waals surface area contributed by atoms with Crippen molar-refractivity contribution in [3.63, 3.8) is 0 Å². The molecule has 0 atom stereocenters. The Kier molecular flexibility index (Phi) is 6.97. The summed E-state index contributed by atoms with van der Waals surface area (Å²) in [5.74, 6) is 0.0739. The second-order valence-electron chi connectivity index (χ2n) is 9.43. The molecule has 0 spiro atoms. The normalized spacial score (nSPS) is 14.0.